The number of hydrogen-bond donors (Lipinski definition) is 3. The molecule has 2 aromatic carbocycles. The minimum atomic E-state index is -4.37. The van der Waals surface area contributed by atoms with Crippen molar-refractivity contribution in [3.05, 3.63) is 65.2 Å². The van der Waals surface area contributed by atoms with E-state index in [1.807, 2.05) is 5.01 Å². The molecule has 1 saturated carbocycles. The maximum Gasteiger partial charge on any atom is 0.286 e. The number of amides is 1. The van der Waals surface area contributed by atoms with Crippen LogP contribution in [0.3, 0.4) is 0 Å². The van der Waals surface area contributed by atoms with Crippen molar-refractivity contribution in [1.82, 2.24) is 10.0 Å². The lowest BCUT2D eigenvalue weighted by atomic mass is 9.73. The number of rotatable bonds is 5. The van der Waals surface area contributed by atoms with Gasteiger partial charge in [0.25, 0.3) is 15.9 Å². The lowest BCUT2D eigenvalue weighted by molar-refractivity contribution is -0.185. The van der Waals surface area contributed by atoms with Crippen LogP contribution in [0.25, 0.3) is 0 Å². The van der Waals surface area contributed by atoms with Gasteiger partial charge in [-0.3, -0.25) is 14.5 Å². The molecule has 14 heteroatoms. The average molecular weight is 576 g/mol. The number of nitrogens with one attached hydrogen (secondary N) is 2. The van der Waals surface area contributed by atoms with Crippen LogP contribution in [-0.2, 0) is 31.4 Å². The number of amidine groups is 1. The first kappa shape index (κ1) is 25.8. The van der Waals surface area contributed by atoms with Gasteiger partial charge < -0.3 is 10.4 Å². The van der Waals surface area contributed by atoms with Crippen LogP contribution in [0.5, 0.6) is 0 Å². The van der Waals surface area contributed by atoms with Gasteiger partial charge in [0.1, 0.15) is 22.0 Å². The number of carbonyl (C=O) groups is 1. The maximum absolute atomic E-state index is 14.0. The molecule has 3 fully saturated rings. The lowest BCUT2D eigenvalue weighted by Crippen LogP contribution is -2.67. The molecule has 4 aliphatic heterocycles. The summed E-state index contributed by atoms with van der Waals surface area (Å²) < 4.78 is 69.2. The number of nitrogens with zero attached hydrogens (tertiary/aromatic N) is 3. The first-order chi connectivity index (χ1) is 18.4. The predicted molar refractivity (Wildman–Crippen MR) is 141 cm³/mol. The van der Waals surface area contributed by atoms with Crippen molar-refractivity contribution in [2.75, 3.05) is 16.3 Å². The van der Waals surface area contributed by atoms with Gasteiger partial charge in [-0.1, -0.05) is 12.1 Å². The molecule has 7 rings (SSSR count). The Hall–Kier alpha value is -3.49. The Bertz CT molecular complexity index is 1650. The largest absolute Gasteiger partial charge is 0.510 e. The second kappa shape index (κ2) is 9.03. The van der Waals surface area contributed by atoms with Crippen LogP contribution < -0.4 is 10.0 Å². The SMILES string of the molecule is CS(=O)(=O)Nc1ccc2c(c1)S(=O)(=O)N=C(C1=C(O)[C@@H]3C4CCC(CC4)N3N(Cc3ccc(F)cc3)C1=O)N2. The minimum Gasteiger partial charge on any atom is -0.510 e. The topological polar surface area (TPSA) is 148 Å². The fourth-order valence-electron chi connectivity index (χ4n) is 6.00. The third-order valence-electron chi connectivity index (χ3n) is 7.62. The van der Waals surface area contributed by atoms with Gasteiger partial charge in [-0.15, -0.1) is 4.40 Å². The summed E-state index contributed by atoms with van der Waals surface area (Å²) in [6.07, 6.45) is 4.39. The van der Waals surface area contributed by atoms with E-state index in [-0.39, 0.29) is 51.9 Å². The zero-order valence-corrected chi connectivity index (χ0v) is 22.5. The van der Waals surface area contributed by atoms with E-state index in [1.165, 1.54) is 29.3 Å². The van der Waals surface area contributed by atoms with E-state index in [9.17, 15) is 31.1 Å². The standard InChI is InChI=1S/C25H26FN5O6S2/c1-38(34,35)28-17-8-11-19-20(12-17)39(36,37)29-24(27-19)21-23(32)22-15-4-9-18(10-5-15)31(22)30(25(21)33)13-14-2-6-16(26)7-3-14/h2-3,6-8,11-12,15,18,22,28,32H,4-5,9-10,13H2,1H3,(H,27,29)/t15?,18?,22-/m0/s1. The molecular formula is C25H26FN5O6S2. The molecule has 2 saturated heterocycles. The van der Waals surface area contributed by atoms with Crippen molar-refractivity contribution >= 4 is 43.2 Å². The van der Waals surface area contributed by atoms with E-state index < -0.39 is 37.8 Å². The van der Waals surface area contributed by atoms with Crippen LogP contribution in [0.15, 0.2) is 63.1 Å². The summed E-state index contributed by atoms with van der Waals surface area (Å²) in [6.45, 7) is 0.104. The van der Waals surface area contributed by atoms with Crippen molar-refractivity contribution in [3.8, 4) is 0 Å². The maximum atomic E-state index is 14.0. The number of halogens is 1. The summed E-state index contributed by atoms with van der Waals surface area (Å²) in [5, 5.41) is 17.7. The molecule has 0 unspecified atom stereocenters. The molecule has 3 N–H and O–H groups in total. The normalized spacial score (nSPS) is 26.0. The molecule has 0 aromatic heterocycles. The van der Waals surface area contributed by atoms with E-state index in [0.29, 0.717) is 5.56 Å². The Morgan fingerprint density at radius 1 is 1.13 bits per heavy atom. The van der Waals surface area contributed by atoms with E-state index >= 15 is 0 Å². The minimum absolute atomic E-state index is 0.0274. The quantitative estimate of drug-likeness (QED) is 0.493. The van der Waals surface area contributed by atoms with Gasteiger partial charge in [0, 0.05) is 11.7 Å². The second-order valence-corrected chi connectivity index (χ2v) is 13.6. The van der Waals surface area contributed by atoms with Crippen LogP contribution in [0, 0.1) is 11.7 Å². The van der Waals surface area contributed by atoms with E-state index in [4.69, 9.17) is 0 Å². The monoisotopic (exact) mass is 575 g/mol. The van der Waals surface area contributed by atoms with Gasteiger partial charge in [0.05, 0.1) is 24.5 Å². The number of aliphatic hydroxyl groups excluding tert-OH is 1. The van der Waals surface area contributed by atoms with Crippen LogP contribution in [0.4, 0.5) is 15.8 Å². The highest BCUT2D eigenvalue weighted by atomic mass is 32.2. The smallest absolute Gasteiger partial charge is 0.286 e. The Balaban J connectivity index is 1.42. The van der Waals surface area contributed by atoms with Crippen LogP contribution in [-0.4, -0.2) is 62.0 Å². The summed E-state index contributed by atoms with van der Waals surface area (Å²) in [7, 11) is -8.02. The van der Waals surface area contributed by atoms with Crippen molar-refractivity contribution in [1.29, 1.82) is 0 Å². The highest BCUT2D eigenvalue weighted by Gasteiger charge is 2.53. The third-order valence-corrected chi connectivity index (χ3v) is 9.54. The summed E-state index contributed by atoms with van der Waals surface area (Å²) in [5.41, 5.74) is 0.562. The molecule has 2 bridgehead atoms. The zero-order chi connectivity index (χ0) is 27.7. The fraction of sp³-hybridized carbons (Fsp3) is 0.360. The van der Waals surface area contributed by atoms with E-state index in [1.54, 1.807) is 12.1 Å². The lowest BCUT2D eigenvalue weighted by Gasteiger charge is -2.56. The van der Waals surface area contributed by atoms with Crippen LogP contribution in [0.2, 0.25) is 0 Å². The molecule has 1 atom stereocenters. The Labute approximate surface area is 225 Å². The first-order valence-corrected chi connectivity index (χ1v) is 15.8. The van der Waals surface area contributed by atoms with Gasteiger partial charge in [-0.25, -0.2) is 17.8 Å². The molecule has 5 aliphatic rings. The Morgan fingerprint density at radius 2 is 1.82 bits per heavy atom. The predicted octanol–water partition coefficient (Wildman–Crippen LogP) is 2.72. The summed E-state index contributed by atoms with van der Waals surface area (Å²) >= 11 is 0. The highest BCUT2D eigenvalue weighted by Crippen LogP contribution is 2.46. The summed E-state index contributed by atoms with van der Waals surface area (Å²) in [4.78, 5) is 13.7. The number of piperidine rings is 2. The van der Waals surface area contributed by atoms with Gasteiger partial charge in [0.15, 0.2) is 5.84 Å². The number of sulfonamides is 2. The molecule has 39 heavy (non-hydrogen) atoms. The number of hydrazine groups is 1. The number of benzene rings is 2. The number of hydrogen-bond acceptors (Lipinski definition) is 8. The van der Waals surface area contributed by atoms with Crippen LogP contribution >= 0.6 is 0 Å². The number of anilines is 2. The molecule has 1 amide bonds. The van der Waals surface area contributed by atoms with E-state index in [0.717, 1.165) is 38.0 Å². The van der Waals surface area contributed by atoms with Crippen molar-refractivity contribution in [2.45, 2.75) is 49.2 Å². The summed E-state index contributed by atoms with van der Waals surface area (Å²) in [6, 6.07) is 9.16. The molecule has 0 radical (unpaired) electrons. The molecule has 206 valence electrons. The average Bonchev–Trinajstić information content (AvgIpc) is 2.87. The fourth-order valence-corrected chi connectivity index (χ4v) is 7.70. The summed E-state index contributed by atoms with van der Waals surface area (Å²) in [5.74, 6) is -1.51. The van der Waals surface area contributed by atoms with Gasteiger partial charge in [-0.05, 0) is 67.5 Å². The number of fused-ring (bicyclic) bond motifs is 3. The van der Waals surface area contributed by atoms with Crippen molar-refractivity contribution in [2.24, 2.45) is 10.3 Å². The van der Waals surface area contributed by atoms with Gasteiger partial charge in [0.2, 0.25) is 10.0 Å². The Morgan fingerprint density at radius 3 is 2.49 bits per heavy atom. The number of carbonyl (C=O) groups excluding carboxylic acids is 1. The molecule has 0 spiro atoms. The molecule has 1 aliphatic carbocycles. The molecular weight excluding hydrogens is 549 g/mol. The third kappa shape index (κ3) is 4.55. The van der Waals surface area contributed by atoms with Crippen LogP contribution in [0.1, 0.15) is 31.2 Å². The first-order valence-electron chi connectivity index (χ1n) is 12.4. The van der Waals surface area contributed by atoms with E-state index in [2.05, 4.69) is 14.4 Å². The molecule has 4 heterocycles. The molecule has 2 aromatic rings. The number of aliphatic hydroxyl groups is 1. The Kier molecular flexibility index (Phi) is 5.97. The highest BCUT2D eigenvalue weighted by molar-refractivity contribution is 7.92. The molecule has 11 nitrogen and oxygen atoms in total. The van der Waals surface area contributed by atoms with Crippen molar-refractivity contribution in [3.63, 3.8) is 0 Å². The van der Waals surface area contributed by atoms with Gasteiger partial charge >= 0.3 is 0 Å². The van der Waals surface area contributed by atoms with Gasteiger partial charge in [-0.2, -0.15) is 8.42 Å². The van der Waals surface area contributed by atoms with Crippen molar-refractivity contribution < 1.29 is 31.1 Å². The zero-order valence-electron chi connectivity index (χ0n) is 20.8. The second-order valence-electron chi connectivity index (χ2n) is 10.3.